The van der Waals surface area contributed by atoms with Crippen molar-refractivity contribution in [1.82, 2.24) is 4.90 Å². The number of amides is 1. The number of benzene rings is 2. The fourth-order valence-electron chi connectivity index (χ4n) is 3.42. The molecule has 0 unspecified atom stereocenters. The summed E-state index contributed by atoms with van der Waals surface area (Å²) in [4.78, 5) is 14.4. The topological polar surface area (TPSA) is 57.2 Å². The largest absolute Gasteiger partial charge is 0.491 e. The summed E-state index contributed by atoms with van der Waals surface area (Å²) in [5.74, 6) is 2.14. The lowest BCUT2D eigenvalue weighted by Gasteiger charge is -2.29. The van der Waals surface area contributed by atoms with E-state index in [0.717, 1.165) is 30.9 Å². The molecule has 0 bridgehead atoms. The third-order valence-corrected chi connectivity index (χ3v) is 4.95. The van der Waals surface area contributed by atoms with E-state index in [-0.39, 0.29) is 18.1 Å². The zero-order chi connectivity index (χ0) is 19.3. The van der Waals surface area contributed by atoms with Gasteiger partial charge < -0.3 is 23.8 Å². The third-order valence-electron chi connectivity index (χ3n) is 4.95. The van der Waals surface area contributed by atoms with Crippen LogP contribution in [0.2, 0.25) is 0 Å². The van der Waals surface area contributed by atoms with Crippen LogP contribution in [0.1, 0.15) is 23.2 Å². The molecule has 2 aliphatic rings. The van der Waals surface area contributed by atoms with E-state index in [4.69, 9.17) is 18.9 Å². The lowest BCUT2D eigenvalue weighted by atomic mass is 10.2. The molecule has 0 saturated carbocycles. The highest BCUT2D eigenvalue weighted by atomic mass is 16.6. The minimum Gasteiger partial charge on any atom is -0.491 e. The molecule has 1 fully saturated rings. The first-order valence-corrected chi connectivity index (χ1v) is 9.67. The standard InChI is InChI=1S/C22H25NO5/c1-23(13-19-15-27-20-6-2-3-7-21(20)28-19)22(24)16-8-10-17(11-9-16)26-14-18-5-4-12-25-18/h2-3,6-11,18-19H,4-5,12-15H2,1H3/t18-,19+/m1/s1. The Labute approximate surface area is 165 Å². The predicted molar refractivity (Wildman–Crippen MR) is 104 cm³/mol. The SMILES string of the molecule is CN(C[C@H]1COc2ccccc2O1)C(=O)c1ccc(OC[C@H]2CCCO2)cc1. The first-order chi connectivity index (χ1) is 13.7. The molecule has 2 aliphatic heterocycles. The Morgan fingerprint density at radius 3 is 2.64 bits per heavy atom. The van der Waals surface area contributed by atoms with Crippen LogP contribution in [0.25, 0.3) is 0 Å². The first kappa shape index (κ1) is 18.6. The number of ether oxygens (including phenoxy) is 4. The summed E-state index contributed by atoms with van der Waals surface area (Å²) < 4.78 is 23.0. The Hall–Kier alpha value is -2.73. The molecule has 28 heavy (non-hydrogen) atoms. The number of likely N-dealkylation sites (N-methyl/N-ethyl adjacent to an activating group) is 1. The quantitative estimate of drug-likeness (QED) is 0.767. The number of nitrogens with zero attached hydrogens (tertiary/aromatic N) is 1. The molecule has 1 amide bonds. The molecule has 0 N–H and O–H groups in total. The average molecular weight is 383 g/mol. The molecular formula is C22H25NO5. The minimum absolute atomic E-state index is 0.0619. The lowest BCUT2D eigenvalue weighted by Crippen LogP contribution is -2.41. The average Bonchev–Trinajstić information content (AvgIpc) is 3.26. The number of rotatable bonds is 6. The normalized spacial score (nSPS) is 20.6. The Bertz CT molecular complexity index is 801. The molecule has 2 aromatic carbocycles. The van der Waals surface area contributed by atoms with Gasteiger partial charge in [-0.1, -0.05) is 12.1 Å². The van der Waals surface area contributed by atoms with E-state index in [1.54, 1.807) is 24.1 Å². The van der Waals surface area contributed by atoms with Crippen molar-refractivity contribution in [3.63, 3.8) is 0 Å². The van der Waals surface area contributed by atoms with E-state index < -0.39 is 0 Å². The number of carbonyl (C=O) groups is 1. The summed E-state index contributed by atoms with van der Waals surface area (Å²) in [6.07, 6.45) is 2.11. The predicted octanol–water partition coefficient (Wildman–Crippen LogP) is 3.16. The molecule has 2 aromatic rings. The highest BCUT2D eigenvalue weighted by Gasteiger charge is 2.24. The van der Waals surface area contributed by atoms with Gasteiger partial charge in [-0.15, -0.1) is 0 Å². The van der Waals surface area contributed by atoms with Gasteiger partial charge in [0.15, 0.2) is 17.6 Å². The second kappa shape index (κ2) is 8.52. The van der Waals surface area contributed by atoms with Crippen LogP contribution in [-0.4, -0.2) is 56.4 Å². The van der Waals surface area contributed by atoms with Crippen LogP contribution in [0, 0.1) is 0 Å². The van der Waals surface area contributed by atoms with E-state index >= 15 is 0 Å². The summed E-state index contributed by atoms with van der Waals surface area (Å²) in [6.45, 7) is 2.23. The summed E-state index contributed by atoms with van der Waals surface area (Å²) in [5, 5.41) is 0. The van der Waals surface area contributed by atoms with Crippen molar-refractivity contribution in [1.29, 1.82) is 0 Å². The number of para-hydroxylation sites is 2. The summed E-state index contributed by atoms with van der Waals surface area (Å²) in [7, 11) is 1.77. The number of hydrogen-bond acceptors (Lipinski definition) is 5. The van der Waals surface area contributed by atoms with Crippen LogP contribution < -0.4 is 14.2 Å². The maximum absolute atomic E-state index is 12.7. The number of carbonyl (C=O) groups excluding carboxylic acids is 1. The highest BCUT2D eigenvalue weighted by Crippen LogP contribution is 2.31. The second-order valence-electron chi connectivity index (χ2n) is 7.15. The van der Waals surface area contributed by atoms with E-state index in [0.29, 0.717) is 31.1 Å². The Morgan fingerprint density at radius 2 is 1.89 bits per heavy atom. The summed E-state index contributed by atoms with van der Waals surface area (Å²) in [5.41, 5.74) is 0.615. The van der Waals surface area contributed by atoms with Gasteiger partial charge in [0.05, 0.1) is 12.6 Å². The molecule has 2 atom stereocenters. The fraction of sp³-hybridized carbons (Fsp3) is 0.409. The van der Waals surface area contributed by atoms with Crippen molar-refractivity contribution >= 4 is 5.91 Å². The molecule has 6 nitrogen and oxygen atoms in total. The molecule has 1 saturated heterocycles. The van der Waals surface area contributed by atoms with Crippen molar-refractivity contribution in [3.8, 4) is 17.2 Å². The van der Waals surface area contributed by atoms with Gasteiger partial charge in [0.25, 0.3) is 5.91 Å². The molecule has 6 heteroatoms. The van der Waals surface area contributed by atoms with Crippen molar-refractivity contribution in [2.24, 2.45) is 0 Å². The van der Waals surface area contributed by atoms with Crippen LogP contribution >= 0.6 is 0 Å². The molecule has 0 radical (unpaired) electrons. The van der Waals surface area contributed by atoms with E-state index in [1.165, 1.54) is 0 Å². The molecule has 4 rings (SSSR count). The van der Waals surface area contributed by atoms with Gasteiger partial charge in [0, 0.05) is 19.2 Å². The monoisotopic (exact) mass is 383 g/mol. The highest BCUT2D eigenvalue weighted by molar-refractivity contribution is 5.94. The van der Waals surface area contributed by atoms with Crippen LogP contribution in [0.4, 0.5) is 0 Å². The van der Waals surface area contributed by atoms with Gasteiger partial charge in [-0.05, 0) is 49.2 Å². The smallest absolute Gasteiger partial charge is 0.253 e. The van der Waals surface area contributed by atoms with Crippen LogP contribution in [0.5, 0.6) is 17.2 Å². The van der Waals surface area contributed by atoms with Crippen LogP contribution in [-0.2, 0) is 4.74 Å². The van der Waals surface area contributed by atoms with Crippen LogP contribution in [0.15, 0.2) is 48.5 Å². The summed E-state index contributed by atoms with van der Waals surface area (Å²) >= 11 is 0. The van der Waals surface area contributed by atoms with Gasteiger partial charge in [-0.2, -0.15) is 0 Å². The van der Waals surface area contributed by atoms with E-state index in [1.807, 2.05) is 36.4 Å². The van der Waals surface area contributed by atoms with Gasteiger partial charge >= 0.3 is 0 Å². The molecular weight excluding hydrogens is 358 g/mol. The van der Waals surface area contributed by atoms with Crippen molar-refractivity contribution in [3.05, 3.63) is 54.1 Å². The number of hydrogen-bond donors (Lipinski definition) is 0. The molecule has 148 valence electrons. The zero-order valence-electron chi connectivity index (χ0n) is 16.0. The van der Waals surface area contributed by atoms with Gasteiger partial charge in [-0.3, -0.25) is 4.79 Å². The first-order valence-electron chi connectivity index (χ1n) is 9.67. The maximum atomic E-state index is 12.7. The minimum atomic E-state index is -0.196. The Balaban J connectivity index is 1.30. The lowest BCUT2D eigenvalue weighted by molar-refractivity contribution is 0.0520. The van der Waals surface area contributed by atoms with E-state index in [2.05, 4.69) is 0 Å². The molecule has 2 heterocycles. The van der Waals surface area contributed by atoms with Crippen molar-refractivity contribution in [2.75, 3.05) is 33.4 Å². The van der Waals surface area contributed by atoms with Crippen molar-refractivity contribution in [2.45, 2.75) is 25.0 Å². The van der Waals surface area contributed by atoms with Gasteiger partial charge in [0.2, 0.25) is 0 Å². The summed E-state index contributed by atoms with van der Waals surface area (Å²) in [6, 6.07) is 14.8. The Morgan fingerprint density at radius 1 is 1.11 bits per heavy atom. The molecule has 0 aliphatic carbocycles. The molecule has 0 spiro atoms. The maximum Gasteiger partial charge on any atom is 0.253 e. The fourth-order valence-corrected chi connectivity index (χ4v) is 3.42. The van der Waals surface area contributed by atoms with Crippen molar-refractivity contribution < 1.29 is 23.7 Å². The van der Waals surface area contributed by atoms with Gasteiger partial charge in [-0.25, -0.2) is 0 Å². The second-order valence-corrected chi connectivity index (χ2v) is 7.15. The van der Waals surface area contributed by atoms with E-state index in [9.17, 15) is 4.79 Å². The number of fused-ring (bicyclic) bond motifs is 1. The molecule has 0 aromatic heterocycles. The zero-order valence-corrected chi connectivity index (χ0v) is 16.0. The third kappa shape index (κ3) is 4.39. The Kier molecular flexibility index (Phi) is 5.67. The van der Waals surface area contributed by atoms with Gasteiger partial charge in [0.1, 0.15) is 19.0 Å². The van der Waals surface area contributed by atoms with Crippen LogP contribution in [0.3, 0.4) is 0 Å².